The van der Waals surface area contributed by atoms with Gasteiger partial charge in [-0.2, -0.15) is 16.9 Å². The van der Waals surface area contributed by atoms with Crippen LogP contribution < -0.4 is 5.32 Å². The van der Waals surface area contributed by atoms with Gasteiger partial charge in [0.1, 0.15) is 0 Å². The maximum absolute atomic E-state index is 4.40. The van der Waals surface area contributed by atoms with Crippen LogP contribution >= 0.6 is 11.8 Å². The second-order valence-corrected chi connectivity index (χ2v) is 5.78. The number of nitrogens with one attached hydrogen (secondary N) is 1. The molecule has 4 heteroatoms. The lowest BCUT2D eigenvalue weighted by Gasteiger charge is -2.25. The lowest BCUT2D eigenvalue weighted by Crippen LogP contribution is -2.31. The average Bonchev–Trinajstić information content (AvgIpc) is 3.00. The standard InChI is InChI=1S/C13H23N3S/c1-3-7-14-13(11-6-9-17-10-11)12-5-8-15-16(12)4-2/h5,8,11,13-14H,3-4,6-7,9-10H2,1-2H3. The van der Waals surface area contributed by atoms with Crippen LogP contribution in [-0.4, -0.2) is 27.8 Å². The van der Waals surface area contributed by atoms with E-state index in [4.69, 9.17) is 0 Å². The summed E-state index contributed by atoms with van der Waals surface area (Å²) < 4.78 is 2.14. The molecule has 1 aromatic heterocycles. The van der Waals surface area contributed by atoms with Crippen LogP contribution in [0.4, 0.5) is 0 Å². The summed E-state index contributed by atoms with van der Waals surface area (Å²) in [6.45, 7) is 6.45. The Bertz CT molecular complexity index is 331. The van der Waals surface area contributed by atoms with Crippen molar-refractivity contribution < 1.29 is 0 Å². The second kappa shape index (κ2) is 6.45. The summed E-state index contributed by atoms with van der Waals surface area (Å²) >= 11 is 2.09. The molecule has 1 aliphatic heterocycles. The molecular formula is C13H23N3S. The minimum Gasteiger partial charge on any atom is -0.308 e. The van der Waals surface area contributed by atoms with Crippen LogP contribution in [0.2, 0.25) is 0 Å². The van der Waals surface area contributed by atoms with Crippen molar-refractivity contribution >= 4 is 11.8 Å². The van der Waals surface area contributed by atoms with Gasteiger partial charge in [-0.25, -0.2) is 0 Å². The Labute approximate surface area is 108 Å². The van der Waals surface area contributed by atoms with Crippen LogP contribution in [0.5, 0.6) is 0 Å². The first kappa shape index (κ1) is 13.0. The molecule has 1 fully saturated rings. The molecule has 0 aromatic carbocycles. The highest BCUT2D eigenvalue weighted by Crippen LogP contribution is 2.34. The van der Waals surface area contributed by atoms with E-state index in [0.717, 1.165) is 19.0 Å². The molecule has 2 rings (SSSR count). The van der Waals surface area contributed by atoms with Crippen molar-refractivity contribution in [2.45, 2.75) is 39.3 Å². The van der Waals surface area contributed by atoms with Crippen LogP contribution in [0.25, 0.3) is 0 Å². The van der Waals surface area contributed by atoms with E-state index in [-0.39, 0.29) is 0 Å². The number of rotatable bonds is 6. The zero-order chi connectivity index (χ0) is 12.1. The van der Waals surface area contributed by atoms with E-state index in [2.05, 4.69) is 46.8 Å². The molecule has 1 aromatic rings. The van der Waals surface area contributed by atoms with Crippen molar-refractivity contribution in [1.29, 1.82) is 0 Å². The fourth-order valence-corrected chi connectivity index (χ4v) is 3.80. The fourth-order valence-electron chi connectivity index (χ4n) is 2.50. The molecule has 3 nitrogen and oxygen atoms in total. The van der Waals surface area contributed by atoms with E-state index in [1.54, 1.807) is 0 Å². The summed E-state index contributed by atoms with van der Waals surface area (Å²) in [7, 11) is 0. The molecule has 0 aliphatic carbocycles. The predicted octanol–water partition coefficient (Wildman–Crippen LogP) is 2.70. The van der Waals surface area contributed by atoms with Gasteiger partial charge in [0, 0.05) is 12.7 Å². The van der Waals surface area contributed by atoms with Gasteiger partial charge in [0.15, 0.2) is 0 Å². The molecule has 0 spiro atoms. The van der Waals surface area contributed by atoms with Crippen LogP contribution in [0, 0.1) is 5.92 Å². The molecule has 2 heterocycles. The minimum absolute atomic E-state index is 0.493. The number of aryl methyl sites for hydroxylation is 1. The Morgan fingerprint density at radius 3 is 3.12 bits per heavy atom. The summed E-state index contributed by atoms with van der Waals surface area (Å²) in [5, 5.41) is 8.12. The maximum atomic E-state index is 4.40. The first-order valence-corrected chi connectivity index (χ1v) is 7.85. The van der Waals surface area contributed by atoms with Crippen molar-refractivity contribution in [2.75, 3.05) is 18.1 Å². The van der Waals surface area contributed by atoms with Crippen molar-refractivity contribution in [3.63, 3.8) is 0 Å². The largest absolute Gasteiger partial charge is 0.308 e. The first-order chi connectivity index (χ1) is 8.36. The van der Waals surface area contributed by atoms with Gasteiger partial charge >= 0.3 is 0 Å². The van der Waals surface area contributed by atoms with Crippen molar-refractivity contribution in [2.24, 2.45) is 5.92 Å². The van der Waals surface area contributed by atoms with Gasteiger partial charge in [-0.1, -0.05) is 6.92 Å². The van der Waals surface area contributed by atoms with Crippen LogP contribution in [0.1, 0.15) is 38.4 Å². The lowest BCUT2D eigenvalue weighted by molar-refractivity contribution is 0.369. The van der Waals surface area contributed by atoms with Crippen LogP contribution in [0.3, 0.4) is 0 Å². The van der Waals surface area contributed by atoms with Gasteiger partial charge < -0.3 is 5.32 Å². The smallest absolute Gasteiger partial charge is 0.0556 e. The third kappa shape index (κ3) is 3.05. The summed E-state index contributed by atoms with van der Waals surface area (Å²) in [6.07, 6.45) is 4.46. The lowest BCUT2D eigenvalue weighted by atomic mass is 9.96. The van der Waals surface area contributed by atoms with E-state index in [1.807, 2.05) is 6.20 Å². The Hall–Kier alpha value is -0.480. The molecule has 2 atom stereocenters. The molecule has 1 N–H and O–H groups in total. The highest BCUT2D eigenvalue weighted by Gasteiger charge is 2.28. The van der Waals surface area contributed by atoms with Crippen LogP contribution in [-0.2, 0) is 6.54 Å². The van der Waals surface area contributed by atoms with Crippen LogP contribution in [0.15, 0.2) is 12.3 Å². The Morgan fingerprint density at radius 2 is 2.47 bits per heavy atom. The second-order valence-electron chi connectivity index (χ2n) is 4.63. The predicted molar refractivity (Wildman–Crippen MR) is 74.4 cm³/mol. The third-order valence-electron chi connectivity index (χ3n) is 3.42. The van der Waals surface area contributed by atoms with Crippen molar-refractivity contribution in [3.05, 3.63) is 18.0 Å². The van der Waals surface area contributed by atoms with Gasteiger partial charge in [-0.3, -0.25) is 4.68 Å². The highest BCUT2D eigenvalue weighted by molar-refractivity contribution is 7.99. The van der Waals surface area contributed by atoms with Crippen molar-refractivity contribution in [1.82, 2.24) is 15.1 Å². The number of nitrogens with zero attached hydrogens (tertiary/aromatic N) is 2. The Balaban J connectivity index is 2.13. The zero-order valence-electron chi connectivity index (χ0n) is 10.9. The molecule has 0 amide bonds. The number of thioether (sulfide) groups is 1. The van der Waals surface area contributed by atoms with E-state index >= 15 is 0 Å². The van der Waals surface area contributed by atoms with E-state index in [0.29, 0.717) is 6.04 Å². The van der Waals surface area contributed by atoms with Crippen molar-refractivity contribution in [3.8, 4) is 0 Å². The van der Waals surface area contributed by atoms with E-state index in [9.17, 15) is 0 Å². The Kier molecular flexibility index (Phi) is 4.92. The summed E-state index contributed by atoms with van der Waals surface area (Å²) in [5.74, 6) is 3.37. The number of hydrogen-bond donors (Lipinski definition) is 1. The van der Waals surface area contributed by atoms with Gasteiger partial charge in [0.2, 0.25) is 0 Å². The molecule has 0 radical (unpaired) electrons. The zero-order valence-corrected chi connectivity index (χ0v) is 11.7. The average molecular weight is 253 g/mol. The summed E-state index contributed by atoms with van der Waals surface area (Å²) in [5.41, 5.74) is 1.37. The molecular weight excluding hydrogens is 230 g/mol. The minimum atomic E-state index is 0.493. The molecule has 17 heavy (non-hydrogen) atoms. The molecule has 2 unspecified atom stereocenters. The fraction of sp³-hybridized carbons (Fsp3) is 0.769. The quantitative estimate of drug-likeness (QED) is 0.845. The van der Waals surface area contributed by atoms with Gasteiger partial charge in [-0.05, 0) is 49.8 Å². The maximum Gasteiger partial charge on any atom is 0.0556 e. The van der Waals surface area contributed by atoms with E-state index < -0.39 is 0 Å². The first-order valence-electron chi connectivity index (χ1n) is 6.69. The molecule has 1 saturated heterocycles. The molecule has 0 saturated carbocycles. The third-order valence-corrected chi connectivity index (χ3v) is 4.61. The highest BCUT2D eigenvalue weighted by atomic mass is 32.2. The molecule has 1 aliphatic rings. The van der Waals surface area contributed by atoms with Gasteiger partial charge in [-0.15, -0.1) is 0 Å². The summed E-state index contributed by atoms with van der Waals surface area (Å²) in [6, 6.07) is 2.67. The SMILES string of the molecule is CCCNC(c1ccnn1CC)C1CCSC1. The van der Waals surface area contributed by atoms with E-state index in [1.165, 1.54) is 30.0 Å². The van der Waals surface area contributed by atoms with Gasteiger partial charge in [0.25, 0.3) is 0 Å². The molecule has 0 bridgehead atoms. The normalized spacial score (nSPS) is 21.9. The monoisotopic (exact) mass is 253 g/mol. The topological polar surface area (TPSA) is 29.9 Å². The Morgan fingerprint density at radius 1 is 1.59 bits per heavy atom. The molecule has 96 valence electrons. The number of hydrogen-bond acceptors (Lipinski definition) is 3. The summed E-state index contributed by atoms with van der Waals surface area (Å²) in [4.78, 5) is 0. The van der Waals surface area contributed by atoms with Gasteiger partial charge in [0.05, 0.1) is 11.7 Å². The number of aromatic nitrogens is 2.